The highest BCUT2D eigenvalue weighted by molar-refractivity contribution is 6.28. The minimum absolute atomic E-state index is 0.00145. The summed E-state index contributed by atoms with van der Waals surface area (Å²) < 4.78 is 0. The van der Waals surface area contributed by atoms with Gasteiger partial charge in [0, 0.05) is 18.3 Å². The van der Waals surface area contributed by atoms with E-state index in [4.69, 9.17) is 0 Å². The third-order valence-electron chi connectivity index (χ3n) is 5.40. The quantitative estimate of drug-likeness (QED) is 0.611. The molecule has 1 saturated heterocycles. The molecule has 2 aliphatic heterocycles. The van der Waals surface area contributed by atoms with Gasteiger partial charge in [0.1, 0.15) is 0 Å². The summed E-state index contributed by atoms with van der Waals surface area (Å²) in [5.74, 6) is -0.735. The Labute approximate surface area is 157 Å². The number of aryl methyl sites for hydroxylation is 1. The standard InChI is InChI=1S/C22H20N2O3/c1-14-8-10-16(11-9-14)24-19(25)12-15(20(24)26)13-22(2)17-6-4-5-7-18(17)23(3)21(22)27/h4-11,13H,12H2,1-3H3/b15-13+/t22-/m1/s1. The van der Waals surface area contributed by atoms with E-state index in [0.29, 0.717) is 11.3 Å². The molecule has 0 N–H and O–H groups in total. The highest BCUT2D eigenvalue weighted by Gasteiger charge is 2.46. The third kappa shape index (κ3) is 2.50. The summed E-state index contributed by atoms with van der Waals surface area (Å²) in [5.41, 5.74) is 2.69. The lowest BCUT2D eigenvalue weighted by Crippen LogP contribution is -2.35. The summed E-state index contributed by atoms with van der Waals surface area (Å²) >= 11 is 0. The zero-order chi connectivity index (χ0) is 19.3. The molecule has 0 bridgehead atoms. The molecule has 2 aromatic carbocycles. The second-order valence-corrected chi connectivity index (χ2v) is 7.30. The molecule has 27 heavy (non-hydrogen) atoms. The molecular formula is C22H20N2O3. The first-order chi connectivity index (χ1) is 12.8. The van der Waals surface area contributed by atoms with Crippen molar-refractivity contribution in [2.24, 2.45) is 0 Å². The van der Waals surface area contributed by atoms with Crippen LogP contribution >= 0.6 is 0 Å². The smallest absolute Gasteiger partial charge is 0.261 e. The zero-order valence-electron chi connectivity index (χ0n) is 15.5. The van der Waals surface area contributed by atoms with Crippen LogP contribution in [-0.4, -0.2) is 24.8 Å². The van der Waals surface area contributed by atoms with Crippen LogP contribution in [0.1, 0.15) is 24.5 Å². The SMILES string of the molecule is Cc1ccc(N2C(=O)C/C(=C\[C@@]3(C)C(=O)N(C)c4ccccc43)C2=O)cc1. The van der Waals surface area contributed by atoms with Crippen LogP contribution in [0.15, 0.2) is 60.2 Å². The fourth-order valence-electron chi connectivity index (χ4n) is 3.91. The Hall–Kier alpha value is -3.21. The minimum Gasteiger partial charge on any atom is -0.314 e. The Morgan fingerprint density at radius 1 is 1.00 bits per heavy atom. The number of carbonyl (C=O) groups is 3. The largest absolute Gasteiger partial charge is 0.314 e. The number of para-hydroxylation sites is 1. The van der Waals surface area contributed by atoms with Gasteiger partial charge in [-0.25, -0.2) is 4.90 Å². The predicted octanol–water partition coefficient (Wildman–Crippen LogP) is 3.12. The lowest BCUT2D eigenvalue weighted by atomic mass is 9.81. The molecule has 5 nitrogen and oxygen atoms in total. The molecule has 4 rings (SSSR count). The summed E-state index contributed by atoms with van der Waals surface area (Å²) in [5, 5.41) is 0. The van der Waals surface area contributed by atoms with Gasteiger partial charge in [-0.1, -0.05) is 42.0 Å². The average molecular weight is 360 g/mol. The highest BCUT2D eigenvalue weighted by atomic mass is 16.2. The number of hydrogen-bond acceptors (Lipinski definition) is 3. The average Bonchev–Trinajstić information content (AvgIpc) is 3.03. The Bertz CT molecular complexity index is 1010. The van der Waals surface area contributed by atoms with Gasteiger partial charge in [0.25, 0.3) is 5.91 Å². The van der Waals surface area contributed by atoms with Crippen molar-refractivity contribution in [3.8, 4) is 0 Å². The molecule has 0 spiro atoms. The van der Waals surface area contributed by atoms with E-state index in [-0.39, 0.29) is 24.1 Å². The van der Waals surface area contributed by atoms with Crippen molar-refractivity contribution in [3.63, 3.8) is 0 Å². The van der Waals surface area contributed by atoms with E-state index >= 15 is 0 Å². The number of benzene rings is 2. The van der Waals surface area contributed by atoms with Crippen molar-refractivity contribution in [2.45, 2.75) is 25.7 Å². The Morgan fingerprint density at radius 3 is 2.37 bits per heavy atom. The first-order valence-electron chi connectivity index (χ1n) is 8.86. The molecule has 136 valence electrons. The van der Waals surface area contributed by atoms with Crippen LogP contribution in [0.2, 0.25) is 0 Å². The van der Waals surface area contributed by atoms with E-state index in [0.717, 1.165) is 16.8 Å². The number of imide groups is 1. The molecule has 0 radical (unpaired) electrons. The van der Waals surface area contributed by atoms with Gasteiger partial charge in [0.05, 0.1) is 17.5 Å². The van der Waals surface area contributed by atoms with E-state index in [1.807, 2.05) is 43.3 Å². The Morgan fingerprint density at radius 2 is 1.67 bits per heavy atom. The number of likely N-dealkylation sites (N-methyl/N-ethyl adjacent to an activating group) is 1. The Balaban J connectivity index is 1.75. The van der Waals surface area contributed by atoms with E-state index in [2.05, 4.69) is 0 Å². The molecule has 1 atom stereocenters. The number of carbonyl (C=O) groups excluding carboxylic acids is 3. The van der Waals surface area contributed by atoms with Crippen LogP contribution < -0.4 is 9.80 Å². The van der Waals surface area contributed by atoms with Crippen molar-refractivity contribution >= 4 is 29.1 Å². The molecule has 0 unspecified atom stereocenters. The summed E-state index contributed by atoms with van der Waals surface area (Å²) in [6.45, 7) is 3.75. The van der Waals surface area contributed by atoms with Gasteiger partial charge in [-0.2, -0.15) is 0 Å². The lowest BCUT2D eigenvalue weighted by molar-refractivity contribution is -0.121. The van der Waals surface area contributed by atoms with E-state index in [1.165, 1.54) is 4.90 Å². The van der Waals surface area contributed by atoms with Crippen molar-refractivity contribution in [1.82, 2.24) is 0 Å². The van der Waals surface area contributed by atoms with Crippen LogP contribution in [0.4, 0.5) is 11.4 Å². The van der Waals surface area contributed by atoms with Gasteiger partial charge in [-0.3, -0.25) is 14.4 Å². The molecule has 5 heteroatoms. The van der Waals surface area contributed by atoms with Gasteiger partial charge in [-0.05, 0) is 37.6 Å². The molecule has 0 aromatic heterocycles. The molecule has 3 amide bonds. The van der Waals surface area contributed by atoms with Crippen molar-refractivity contribution < 1.29 is 14.4 Å². The van der Waals surface area contributed by atoms with Gasteiger partial charge in [0.15, 0.2) is 0 Å². The summed E-state index contributed by atoms with van der Waals surface area (Å²) in [4.78, 5) is 41.2. The van der Waals surface area contributed by atoms with Gasteiger partial charge in [0.2, 0.25) is 11.8 Å². The normalized spacial score (nSPS) is 23.5. The molecule has 1 fully saturated rings. The summed E-state index contributed by atoms with van der Waals surface area (Å²) in [7, 11) is 1.73. The van der Waals surface area contributed by atoms with Gasteiger partial charge >= 0.3 is 0 Å². The zero-order valence-corrected chi connectivity index (χ0v) is 15.5. The molecule has 2 aromatic rings. The van der Waals surface area contributed by atoms with E-state index in [9.17, 15) is 14.4 Å². The van der Waals surface area contributed by atoms with Crippen LogP contribution in [-0.2, 0) is 19.8 Å². The van der Waals surface area contributed by atoms with Crippen LogP contribution in [0.25, 0.3) is 0 Å². The minimum atomic E-state index is -0.958. The van der Waals surface area contributed by atoms with Crippen molar-refractivity contribution in [3.05, 3.63) is 71.3 Å². The number of anilines is 2. The van der Waals surface area contributed by atoms with Crippen molar-refractivity contribution in [1.29, 1.82) is 0 Å². The van der Waals surface area contributed by atoms with E-state index in [1.54, 1.807) is 37.1 Å². The van der Waals surface area contributed by atoms with Gasteiger partial charge in [-0.15, -0.1) is 0 Å². The molecule has 2 heterocycles. The number of rotatable bonds is 2. The first kappa shape index (κ1) is 17.2. The monoisotopic (exact) mass is 360 g/mol. The van der Waals surface area contributed by atoms with Crippen LogP contribution in [0, 0.1) is 6.92 Å². The number of hydrogen-bond donors (Lipinski definition) is 0. The second-order valence-electron chi connectivity index (χ2n) is 7.30. The van der Waals surface area contributed by atoms with E-state index < -0.39 is 5.41 Å². The predicted molar refractivity (Wildman–Crippen MR) is 104 cm³/mol. The fraction of sp³-hybridized carbons (Fsp3) is 0.227. The summed E-state index contributed by atoms with van der Waals surface area (Å²) in [6, 6.07) is 14.8. The van der Waals surface area contributed by atoms with Crippen LogP contribution in [0.3, 0.4) is 0 Å². The number of fused-ring (bicyclic) bond motifs is 1. The number of nitrogens with zero attached hydrogens (tertiary/aromatic N) is 2. The second kappa shape index (κ2) is 5.91. The Kier molecular flexibility index (Phi) is 3.77. The fourth-order valence-corrected chi connectivity index (χ4v) is 3.91. The lowest BCUT2D eigenvalue weighted by Gasteiger charge is -2.20. The topological polar surface area (TPSA) is 57.7 Å². The molecule has 2 aliphatic rings. The highest BCUT2D eigenvalue weighted by Crippen LogP contribution is 2.43. The maximum atomic E-state index is 12.9. The van der Waals surface area contributed by atoms with Crippen LogP contribution in [0.5, 0.6) is 0 Å². The molecular weight excluding hydrogens is 340 g/mol. The summed E-state index contributed by atoms with van der Waals surface area (Å²) in [6.07, 6.45) is 1.67. The maximum Gasteiger partial charge on any atom is 0.261 e. The van der Waals surface area contributed by atoms with Crippen molar-refractivity contribution in [2.75, 3.05) is 16.8 Å². The van der Waals surface area contributed by atoms with Gasteiger partial charge < -0.3 is 4.90 Å². The molecule has 0 aliphatic carbocycles. The third-order valence-corrected chi connectivity index (χ3v) is 5.40. The number of amides is 3. The molecule has 0 saturated carbocycles. The first-order valence-corrected chi connectivity index (χ1v) is 8.86. The maximum absolute atomic E-state index is 12.9.